The minimum absolute atomic E-state index is 0.169. The molecule has 9 nitrogen and oxygen atoms in total. The van der Waals surface area contributed by atoms with Gasteiger partial charge in [-0.3, -0.25) is 9.36 Å². The first kappa shape index (κ1) is 24.6. The lowest BCUT2D eigenvalue weighted by Gasteiger charge is -2.25. The number of fused-ring (bicyclic) bond motifs is 2. The molecule has 0 aliphatic carbocycles. The van der Waals surface area contributed by atoms with Crippen LogP contribution in [0.3, 0.4) is 0 Å². The number of carbonyl (C=O) groups excluding carboxylic acids is 1. The van der Waals surface area contributed by atoms with Gasteiger partial charge in [0.25, 0.3) is 5.56 Å². The second kappa shape index (κ2) is 10.1. The van der Waals surface area contributed by atoms with Crippen molar-refractivity contribution in [2.45, 2.75) is 26.8 Å². The van der Waals surface area contributed by atoms with Crippen LogP contribution in [0.1, 0.15) is 37.9 Å². The molecule has 3 heterocycles. The van der Waals surface area contributed by atoms with Crippen molar-refractivity contribution >= 4 is 23.4 Å². The fraction of sp³-hybridized carbons (Fsp3) is 0.296. The van der Waals surface area contributed by atoms with Gasteiger partial charge in [-0.15, -0.1) is 0 Å². The van der Waals surface area contributed by atoms with Crippen molar-refractivity contribution in [2.24, 2.45) is 4.99 Å². The van der Waals surface area contributed by atoms with Crippen molar-refractivity contribution in [3.05, 3.63) is 78.5 Å². The second-order valence-corrected chi connectivity index (χ2v) is 9.27. The normalized spacial score (nSPS) is 16.3. The maximum atomic E-state index is 13.8. The lowest BCUT2D eigenvalue weighted by Crippen LogP contribution is -2.39. The number of benzene rings is 2. The molecule has 0 radical (unpaired) electrons. The number of aromatic nitrogens is 1. The highest BCUT2D eigenvalue weighted by atomic mass is 32.1. The highest BCUT2D eigenvalue weighted by Gasteiger charge is 2.33. The Bertz CT molecular complexity index is 1580. The summed E-state index contributed by atoms with van der Waals surface area (Å²) in [5.74, 6) is 1.86. The van der Waals surface area contributed by atoms with Crippen LogP contribution in [-0.2, 0) is 9.53 Å². The number of carbonyl (C=O) groups is 1. The van der Waals surface area contributed by atoms with Gasteiger partial charge in [-0.1, -0.05) is 23.5 Å². The molecule has 0 amide bonds. The van der Waals surface area contributed by atoms with Crippen LogP contribution in [0.5, 0.6) is 23.0 Å². The number of esters is 1. The Balaban J connectivity index is 1.69. The SMILES string of the molecule is CCOc1ccc([C@H]2C(C(=O)OC)=C(C)N=c3sc(=Cc4ccc5c(c4)OCO5)c(=O)n32)cc1OCC. The molecule has 2 aliphatic heterocycles. The van der Waals surface area contributed by atoms with E-state index in [1.807, 2.05) is 38.1 Å². The summed E-state index contributed by atoms with van der Waals surface area (Å²) >= 11 is 1.25. The molecule has 0 spiro atoms. The molecule has 0 saturated heterocycles. The predicted octanol–water partition coefficient (Wildman–Crippen LogP) is 2.93. The van der Waals surface area contributed by atoms with E-state index in [2.05, 4.69) is 4.99 Å². The van der Waals surface area contributed by atoms with Crippen LogP contribution in [0.2, 0.25) is 0 Å². The average molecular weight is 523 g/mol. The Hall–Kier alpha value is -4.05. The summed E-state index contributed by atoms with van der Waals surface area (Å²) in [5.41, 5.74) is 1.97. The molecule has 5 rings (SSSR count). The van der Waals surface area contributed by atoms with E-state index in [0.29, 0.717) is 56.8 Å². The zero-order valence-corrected chi connectivity index (χ0v) is 21.7. The summed E-state index contributed by atoms with van der Waals surface area (Å²) in [6, 6.07) is 10.2. The third-order valence-electron chi connectivity index (χ3n) is 6.00. The number of hydrogen-bond donors (Lipinski definition) is 0. The van der Waals surface area contributed by atoms with Gasteiger partial charge in [0, 0.05) is 0 Å². The minimum Gasteiger partial charge on any atom is -0.490 e. The van der Waals surface area contributed by atoms with E-state index in [-0.39, 0.29) is 17.9 Å². The molecule has 1 aromatic heterocycles. The van der Waals surface area contributed by atoms with Crippen LogP contribution in [0.4, 0.5) is 0 Å². The van der Waals surface area contributed by atoms with Gasteiger partial charge in [-0.25, -0.2) is 9.79 Å². The molecule has 2 aliphatic rings. The lowest BCUT2D eigenvalue weighted by molar-refractivity contribution is -0.136. The molecule has 0 unspecified atom stereocenters. The van der Waals surface area contributed by atoms with Crippen LogP contribution in [0, 0.1) is 0 Å². The second-order valence-electron chi connectivity index (χ2n) is 8.26. The van der Waals surface area contributed by atoms with Gasteiger partial charge in [0.15, 0.2) is 27.8 Å². The fourth-order valence-electron chi connectivity index (χ4n) is 4.40. The number of nitrogens with zero attached hydrogens (tertiary/aromatic N) is 2. The molecule has 0 N–H and O–H groups in total. The van der Waals surface area contributed by atoms with Crippen LogP contribution >= 0.6 is 11.3 Å². The average Bonchev–Trinajstić information content (AvgIpc) is 3.48. The van der Waals surface area contributed by atoms with Crippen LogP contribution in [0.25, 0.3) is 6.08 Å². The van der Waals surface area contributed by atoms with E-state index in [0.717, 1.165) is 5.56 Å². The molecule has 2 aromatic carbocycles. The molecule has 192 valence electrons. The first-order valence-corrected chi connectivity index (χ1v) is 12.7. The maximum Gasteiger partial charge on any atom is 0.338 e. The monoisotopic (exact) mass is 522 g/mol. The van der Waals surface area contributed by atoms with E-state index < -0.39 is 12.0 Å². The van der Waals surface area contributed by atoms with Gasteiger partial charge >= 0.3 is 5.97 Å². The Morgan fingerprint density at radius 1 is 1.11 bits per heavy atom. The van der Waals surface area contributed by atoms with Gasteiger partial charge in [0.2, 0.25) is 6.79 Å². The van der Waals surface area contributed by atoms with E-state index in [4.69, 9.17) is 23.7 Å². The zero-order chi connectivity index (χ0) is 26.1. The van der Waals surface area contributed by atoms with Gasteiger partial charge in [0.05, 0.1) is 42.2 Å². The zero-order valence-electron chi connectivity index (χ0n) is 20.9. The molecule has 3 aromatic rings. The van der Waals surface area contributed by atoms with Crippen molar-refractivity contribution in [3.63, 3.8) is 0 Å². The fourth-order valence-corrected chi connectivity index (χ4v) is 5.45. The smallest absolute Gasteiger partial charge is 0.338 e. The van der Waals surface area contributed by atoms with Crippen molar-refractivity contribution in [2.75, 3.05) is 27.1 Å². The topological polar surface area (TPSA) is 97.6 Å². The van der Waals surface area contributed by atoms with Crippen molar-refractivity contribution < 1.29 is 28.5 Å². The number of ether oxygens (including phenoxy) is 5. The first-order chi connectivity index (χ1) is 17.9. The van der Waals surface area contributed by atoms with Gasteiger partial charge in [-0.2, -0.15) is 0 Å². The van der Waals surface area contributed by atoms with Gasteiger partial charge in [0.1, 0.15) is 0 Å². The summed E-state index contributed by atoms with van der Waals surface area (Å²) < 4.78 is 29.5. The highest BCUT2D eigenvalue weighted by Crippen LogP contribution is 2.36. The predicted molar refractivity (Wildman–Crippen MR) is 137 cm³/mol. The first-order valence-electron chi connectivity index (χ1n) is 11.8. The van der Waals surface area contributed by atoms with Crippen molar-refractivity contribution in [1.29, 1.82) is 0 Å². The third-order valence-corrected chi connectivity index (χ3v) is 6.99. The quantitative estimate of drug-likeness (QED) is 0.440. The Labute approximate surface area is 216 Å². The number of rotatable bonds is 7. The molecule has 10 heteroatoms. The van der Waals surface area contributed by atoms with Crippen molar-refractivity contribution in [1.82, 2.24) is 4.57 Å². The molecular formula is C27H26N2O7S. The van der Waals surface area contributed by atoms with Crippen molar-refractivity contribution in [3.8, 4) is 23.0 Å². The van der Waals surface area contributed by atoms with Crippen LogP contribution in [0.15, 0.2) is 57.5 Å². The molecule has 0 fully saturated rings. The Morgan fingerprint density at radius 3 is 2.62 bits per heavy atom. The number of allylic oxidation sites excluding steroid dienone is 1. The Morgan fingerprint density at radius 2 is 1.86 bits per heavy atom. The minimum atomic E-state index is -0.752. The maximum absolute atomic E-state index is 13.8. The van der Waals surface area contributed by atoms with E-state index in [1.54, 1.807) is 25.1 Å². The largest absolute Gasteiger partial charge is 0.490 e. The van der Waals surface area contributed by atoms with Gasteiger partial charge in [-0.05, 0) is 62.2 Å². The van der Waals surface area contributed by atoms with E-state index in [1.165, 1.54) is 23.0 Å². The molecule has 37 heavy (non-hydrogen) atoms. The standard InChI is InChI=1S/C27H26N2O7S/c1-5-33-18-10-8-17(13-21(18)34-6-2)24-23(26(31)32-4)15(3)28-27-29(24)25(30)22(37-27)12-16-7-9-19-20(11-16)36-14-35-19/h7-13,24H,5-6,14H2,1-4H3/t24-/m0/s1. The third kappa shape index (κ3) is 4.48. The van der Waals surface area contributed by atoms with E-state index >= 15 is 0 Å². The Kier molecular flexibility index (Phi) is 6.75. The summed E-state index contributed by atoms with van der Waals surface area (Å²) in [7, 11) is 1.31. The lowest BCUT2D eigenvalue weighted by atomic mass is 9.95. The number of hydrogen-bond acceptors (Lipinski definition) is 9. The molecule has 0 bridgehead atoms. The highest BCUT2D eigenvalue weighted by molar-refractivity contribution is 7.07. The summed E-state index contributed by atoms with van der Waals surface area (Å²) in [6.07, 6.45) is 1.78. The number of thiazole rings is 1. The molecular weight excluding hydrogens is 496 g/mol. The molecule has 1 atom stereocenters. The summed E-state index contributed by atoms with van der Waals surface area (Å²) in [6.45, 7) is 6.59. The molecule has 0 saturated carbocycles. The number of methoxy groups -OCH3 is 1. The summed E-state index contributed by atoms with van der Waals surface area (Å²) in [4.78, 5) is 31.8. The van der Waals surface area contributed by atoms with Crippen LogP contribution in [-0.4, -0.2) is 37.7 Å². The van der Waals surface area contributed by atoms with E-state index in [9.17, 15) is 9.59 Å². The van der Waals surface area contributed by atoms with Gasteiger partial charge < -0.3 is 23.7 Å². The summed E-state index contributed by atoms with van der Waals surface area (Å²) in [5, 5.41) is 0. The van der Waals surface area contributed by atoms with Crippen LogP contribution < -0.4 is 33.8 Å².